The predicted octanol–water partition coefficient (Wildman–Crippen LogP) is 3.20. The van der Waals surface area contributed by atoms with Crippen LogP contribution in [-0.4, -0.2) is 18.8 Å². The summed E-state index contributed by atoms with van der Waals surface area (Å²) in [7, 11) is 0. The van der Waals surface area contributed by atoms with Crippen LogP contribution < -0.4 is 5.73 Å². The van der Waals surface area contributed by atoms with Gasteiger partial charge >= 0.3 is 0 Å². The first-order chi connectivity index (χ1) is 8.74. The average molecular weight is 261 g/mol. The Balaban J connectivity index is 1.76. The van der Waals surface area contributed by atoms with Gasteiger partial charge in [0.1, 0.15) is 0 Å². The van der Waals surface area contributed by atoms with E-state index in [0.29, 0.717) is 12.0 Å². The van der Waals surface area contributed by atoms with Crippen molar-refractivity contribution in [2.24, 2.45) is 11.7 Å². The van der Waals surface area contributed by atoms with Crippen LogP contribution in [0.25, 0.3) is 10.1 Å². The van der Waals surface area contributed by atoms with Crippen LogP contribution in [0.1, 0.15) is 18.9 Å². The standard InChI is InChI=1S/C15H19NOS/c1-10-6-11(8-17-10)14(16)7-12-9-18-15-5-3-2-4-13(12)15/h2-5,9-11,14H,6-8,16H2,1H3. The van der Waals surface area contributed by atoms with E-state index in [9.17, 15) is 0 Å². The van der Waals surface area contributed by atoms with Crippen molar-refractivity contribution in [1.29, 1.82) is 0 Å². The van der Waals surface area contributed by atoms with Crippen molar-refractivity contribution in [1.82, 2.24) is 0 Å². The molecule has 3 rings (SSSR count). The molecule has 0 bridgehead atoms. The Hall–Kier alpha value is -0.900. The summed E-state index contributed by atoms with van der Waals surface area (Å²) in [6.07, 6.45) is 2.44. The fourth-order valence-electron chi connectivity index (χ4n) is 2.76. The maximum Gasteiger partial charge on any atom is 0.0551 e. The largest absolute Gasteiger partial charge is 0.378 e. The molecule has 0 saturated carbocycles. The van der Waals surface area contributed by atoms with Crippen LogP contribution in [0.4, 0.5) is 0 Å². The van der Waals surface area contributed by atoms with E-state index in [4.69, 9.17) is 10.5 Å². The van der Waals surface area contributed by atoms with Crippen molar-refractivity contribution in [3.8, 4) is 0 Å². The maximum absolute atomic E-state index is 6.35. The van der Waals surface area contributed by atoms with Gasteiger partial charge < -0.3 is 10.5 Å². The second kappa shape index (κ2) is 5.00. The number of hydrogen-bond acceptors (Lipinski definition) is 3. The van der Waals surface area contributed by atoms with E-state index in [2.05, 4.69) is 36.6 Å². The average Bonchev–Trinajstić information content (AvgIpc) is 2.97. The molecule has 0 radical (unpaired) electrons. The highest BCUT2D eigenvalue weighted by Gasteiger charge is 2.27. The molecule has 96 valence electrons. The van der Waals surface area contributed by atoms with Crippen molar-refractivity contribution in [3.63, 3.8) is 0 Å². The van der Waals surface area contributed by atoms with Gasteiger partial charge in [0, 0.05) is 16.7 Å². The van der Waals surface area contributed by atoms with Crippen LogP contribution in [-0.2, 0) is 11.2 Å². The Morgan fingerprint density at radius 1 is 1.44 bits per heavy atom. The minimum atomic E-state index is 0.216. The number of thiophene rings is 1. The monoisotopic (exact) mass is 261 g/mol. The lowest BCUT2D eigenvalue weighted by molar-refractivity contribution is 0.118. The lowest BCUT2D eigenvalue weighted by atomic mass is 9.92. The highest BCUT2D eigenvalue weighted by molar-refractivity contribution is 7.17. The molecule has 0 aliphatic carbocycles. The van der Waals surface area contributed by atoms with Crippen LogP contribution in [0.3, 0.4) is 0 Å². The summed E-state index contributed by atoms with van der Waals surface area (Å²) in [6, 6.07) is 8.78. The SMILES string of the molecule is CC1CC(C(N)Cc2csc3ccccc23)CO1. The normalized spacial score (nSPS) is 25.7. The van der Waals surface area contributed by atoms with Crippen molar-refractivity contribution in [3.05, 3.63) is 35.2 Å². The molecule has 3 atom stereocenters. The summed E-state index contributed by atoms with van der Waals surface area (Å²) < 4.78 is 6.97. The molecule has 2 N–H and O–H groups in total. The molecule has 3 unspecified atom stereocenters. The number of ether oxygens (including phenoxy) is 1. The van der Waals surface area contributed by atoms with Gasteiger partial charge in [-0.25, -0.2) is 0 Å². The number of benzene rings is 1. The summed E-state index contributed by atoms with van der Waals surface area (Å²) in [5.74, 6) is 0.513. The van der Waals surface area contributed by atoms with Crippen molar-refractivity contribution in [2.75, 3.05) is 6.61 Å². The number of fused-ring (bicyclic) bond motifs is 1. The molecule has 0 amide bonds. The third-order valence-corrected chi connectivity index (χ3v) is 4.86. The van der Waals surface area contributed by atoms with E-state index in [1.807, 2.05) is 11.3 Å². The summed E-state index contributed by atoms with van der Waals surface area (Å²) in [5.41, 5.74) is 7.74. The van der Waals surface area contributed by atoms with Gasteiger partial charge in [0.15, 0.2) is 0 Å². The van der Waals surface area contributed by atoms with Crippen LogP contribution in [0.5, 0.6) is 0 Å². The van der Waals surface area contributed by atoms with Gasteiger partial charge in [0.2, 0.25) is 0 Å². The van der Waals surface area contributed by atoms with E-state index in [1.165, 1.54) is 15.6 Å². The molecule has 2 nitrogen and oxygen atoms in total. The van der Waals surface area contributed by atoms with Crippen LogP contribution in [0.2, 0.25) is 0 Å². The summed E-state index contributed by atoms with van der Waals surface area (Å²) in [5, 5.41) is 3.62. The summed E-state index contributed by atoms with van der Waals surface area (Å²) >= 11 is 1.81. The van der Waals surface area contributed by atoms with Gasteiger partial charge in [0.05, 0.1) is 12.7 Å². The van der Waals surface area contributed by atoms with Gasteiger partial charge in [0.25, 0.3) is 0 Å². The fourth-order valence-corrected chi connectivity index (χ4v) is 3.74. The second-order valence-electron chi connectivity index (χ2n) is 5.26. The first-order valence-electron chi connectivity index (χ1n) is 6.56. The topological polar surface area (TPSA) is 35.2 Å². The third-order valence-electron chi connectivity index (χ3n) is 3.85. The Morgan fingerprint density at radius 3 is 3.06 bits per heavy atom. The van der Waals surface area contributed by atoms with Crippen molar-refractivity contribution in [2.45, 2.75) is 31.9 Å². The molecule has 1 fully saturated rings. The number of rotatable bonds is 3. The zero-order valence-electron chi connectivity index (χ0n) is 10.6. The van der Waals surface area contributed by atoms with Gasteiger partial charge in [-0.2, -0.15) is 0 Å². The smallest absolute Gasteiger partial charge is 0.0551 e. The molecule has 3 heteroatoms. The predicted molar refractivity (Wildman–Crippen MR) is 77.0 cm³/mol. The van der Waals surface area contributed by atoms with E-state index < -0.39 is 0 Å². The van der Waals surface area contributed by atoms with Crippen LogP contribution in [0, 0.1) is 5.92 Å². The minimum absolute atomic E-state index is 0.216. The first kappa shape index (κ1) is 12.2. The van der Waals surface area contributed by atoms with E-state index >= 15 is 0 Å². The quantitative estimate of drug-likeness (QED) is 0.921. The van der Waals surface area contributed by atoms with E-state index in [1.54, 1.807) is 0 Å². The molecular formula is C15H19NOS. The maximum atomic E-state index is 6.35. The Morgan fingerprint density at radius 2 is 2.28 bits per heavy atom. The zero-order chi connectivity index (χ0) is 12.5. The highest BCUT2D eigenvalue weighted by Crippen LogP contribution is 2.29. The lowest BCUT2D eigenvalue weighted by Crippen LogP contribution is -2.32. The molecule has 18 heavy (non-hydrogen) atoms. The second-order valence-corrected chi connectivity index (χ2v) is 6.18. The fraction of sp³-hybridized carbons (Fsp3) is 0.467. The number of hydrogen-bond donors (Lipinski definition) is 1. The molecular weight excluding hydrogens is 242 g/mol. The van der Waals surface area contributed by atoms with Crippen molar-refractivity contribution < 1.29 is 4.74 Å². The molecule has 1 aromatic heterocycles. The van der Waals surface area contributed by atoms with Crippen LogP contribution >= 0.6 is 11.3 Å². The molecule has 1 aliphatic rings. The zero-order valence-corrected chi connectivity index (χ0v) is 11.5. The highest BCUT2D eigenvalue weighted by atomic mass is 32.1. The first-order valence-corrected chi connectivity index (χ1v) is 7.44. The number of nitrogens with two attached hydrogens (primary N) is 1. The van der Waals surface area contributed by atoms with Gasteiger partial charge in [-0.3, -0.25) is 0 Å². The third kappa shape index (κ3) is 2.30. The van der Waals surface area contributed by atoms with E-state index in [0.717, 1.165) is 19.4 Å². The Labute approximate surface area is 112 Å². The summed E-state index contributed by atoms with van der Waals surface area (Å²) in [4.78, 5) is 0. The van der Waals surface area contributed by atoms with Crippen LogP contribution in [0.15, 0.2) is 29.6 Å². The van der Waals surface area contributed by atoms with Crippen molar-refractivity contribution >= 4 is 21.4 Å². The Kier molecular flexibility index (Phi) is 3.37. The molecule has 1 aromatic carbocycles. The van der Waals surface area contributed by atoms with Gasteiger partial charge in [-0.1, -0.05) is 18.2 Å². The van der Waals surface area contributed by atoms with Gasteiger partial charge in [-0.15, -0.1) is 11.3 Å². The molecule has 1 saturated heterocycles. The Bertz CT molecular complexity index is 536. The molecule has 2 aromatic rings. The minimum Gasteiger partial charge on any atom is -0.378 e. The summed E-state index contributed by atoms with van der Waals surface area (Å²) in [6.45, 7) is 2.96. The van der Waals surface area contributed by atoms with E-state index in [-0.39, 0.29) is 6.04 Å². The molecule has 2 heterocycles. The van der Waals surface area contributed by atoms with Gasteiger partial charge in [-0.05, 0) is 42.2 Å². The molecule has 1 aliphatic heterocycles. The lowest BCUT2D eigenvalue weighted by Gasteiger charge is -2.17. The molecule has 0 spiro atoms.